The molecular formula is C22H24N4O5. The van der Waals surface area contributed by atoms with Crippen LogP contribution in [0.5, 0.6) is 0 Å². The van der Waals surface area contributed by atoms with Crippen LogP contribution >= 0.6 is 0 Å². The fraction of sp³-hybridized carbons (Fsp3) is 0.409. The number of benzene rings is 1. The summed E-state index contributed by atoms with van der Waals surface area (Å²) < 4.78 is 6.78. The highest BCUT2D eigenvalue weighted by molar-refractivity contribution is 5.94. The van der Waals surface area contributed by atoms with Gasteiger partial charge in [0.1, 0.15) is 11.6 Å². The molecule has 0 radical (unpaired) electrons. The third kappa shape index (κ3) is 3.60. The number of carbonyl (C=O) groups is 2. The lowest BCUT2D eigenvalue weighted by atomic mass is 9.77. The van der Waals surface area contributed by atoms with Crippen LogP contribution in [0.1, 0.15) is 61.3 Å². The van der Waals surface area contributed by atoms with Crippen molar-refractivity contribution in [2.24, 2.45) is 7.05 Å². The molecule has 9 heteroatoms. The molecule has 0 amide bonds. The first-order valence-corrected chi connectivity index (χ1v) is 10.2. The second kappa shape index (κ2) is 7.98. The van der Waals surface area contributed by atoms with E-state index in [1.165, 1.54) is 19.2 Å². The Labute approximate surface area is 179 Å². The maximum absolute atomic E-state index is 12.8. The van der Waals surface area contributed by atoms with Crippen molar-refractivity contribution >= 4 is 23.3 Å². The molecule has 1 aromatic carbocycles. The quantitative estimate of drug-likeness (QED) is 0.453. The average molecular weight is 424 g/mol. The Morgan fingerprint density at radius 1 is 1.39 bits per heavy atom. The van der Waals surface area contributed by atoms with Crippen LogP contribution in [0.2, 0.25) is 0 Å². The highest BCUT2D eigenvalue weighted by Crippen LogP contribution is 2.47. The second-order valence-electron chi connectivity index (χ2n) is 8.04. The lowest BCUT2D eigenvalue weighted by Crippen LogP contribution is -2.25. The van der Waals surface area contributed by atoms with Gasteiger partial charge < -0.3 is 10.1 Å². The second-order valence-corrected chi connectivity index (χ2v) is 8.04. The highest BCUT2D eigenvalue weighted by atomic mass is 16.6. The number of rotatable bonds is 4. The number of carbonyl (C=O) groups excluding carboxylic acids is 2. The zero-order chi connectivity index (χ0) is 22.3. The zero-order valence-electron chi connectivity index (χ0n) is 17.7. The first-order valence-electron chi connectivity index (χ1n) is 10.2. The van der Waals surface area contributed by atoms with Gasteiger partial charge in [-0.1, -0.05) is 12.1 Å². The summed E-state index contributed by atoms with van der Waals surface area (Å²) in [6, 6.07) is 6.29. The van der Waals surface area contributed by atoms with Gasteiger partial charge in [0.15, 0.2) is 0 Å². The Bertz CT molecular complexity index is 1120. The number of nitro benzene ring substituents is 1. The summed E-state index contributed by atoms with van der Waals surface area (Å²) in [6.45, 7) is 1.77. The molecule has 2 unspecified atom stereocenters. The van der Waals surface area contributed by atoms with Crippen LogP contribution < -0.4 is 5.32 Å². The molecule has 1 saturated carbocycles. The minimum Gasteiger partial charge on any atom is -0.466 e. The molecule has 9 nitrogen and oxygen atoms in total. The van der Waals surface area contributed by atoms with Crippen LogP contribution in [0, 0.1) is 10.1 Å². The number of methoxy groups -OCH3 is 1. The van der Waals surface area contributed by atoms with E-state index in [0.29, 0.717) is 29.7 Å². The van der Waals surface area contributed by atoms with Crippen molar-refractivity contribution in [2.45, 2.75) is 44.4 Å². The lowest BCUT2D eigenvalue weighted by Gasteiger charge is -2.30. The summed E-state index contributed by atoms with van der Waals surface area (Å²) in [5.74, 6) is -0.247. The molecule has 2 atom stereocenters. The van der Waals surface area contributed by atoms with Crippen LogP contribution in [0.25, 0.3) is 0 Å². The van der Waals surface area contributed by atoms with E-state index in [9.17, 15) is 19.7 Å². The van der Waals surface area contributed by atoms with E-state index in [0.717, 1.165) is 29.9 Å². The molecular weight excluding hydrogens is 400 g/mol. The molecule has 2 aliphatic rings. The van der Waals surface area contributed by atoms with Crippen LogP contribution in [-0.4, -0.2) is 33.6 Å². The fourth-order valence-corrected chi connectivity index (χ4v) is 4.69. The van der Waals surface area contributed by atoms with Gasteiger partial charge >= 0.3 is 5.97 Å². The van der Waals surface area contributed by atoms with Crippen molar-refractivity contribution in [1.29, 1.82) is 0 Å². The van der Waals surface area contributed by atoms with Crippen molar-refractivity contribution in [3.63, 3.8) is 0 Å². The smallest absolute Gasteiger partial charge is 0.336 e. The highest BCUT2D eigenvalue weighted by Gasteiger charge is 2.40. The Morgan fingerprint density at radius 3 is 2.84 bits per heavy atom. The van der Waals surface area contributed by atoms with Crippen LogP contribution in [-0.2, 0) is 21.4 Å². The molecule has 31 heavy (non-hydrogen) atoms. The van der Waals surface area contributed by atoms with E-state index in [1.54, 1.807) is 30.8 Å². The number of aromatic nitrogens is 2. The third-order valence-electron chi connectivity index (χ3n) is 6.09. The van der Waals surface area contributed by atoms with Gasteiger partial charge in [-0.2, -0.15) is 5.10 Å². The average Bonchev–Trinajstić information content (AvgIpc) is 3.08. The number of ketones is 1. The lowest BCUT2D eigenvalue weighted by molar-refractivity contribution is -0.384. The van der Waals surface area contributed by atoms with Crippen molar-refractivity contribution in [1.82, 2.24) is 9.78 Å². The number of non-ortho nitro benzene ring substituents is 1. The number of allylic oxidation sites excluding steroid dienone is 1. The Kier molecular flexibility index (Phi) is 5.34. The Morgan fingerprint density at radius 2 is 2.16 bits per heavy atom. The number of hydrogen-bond donors (Lipinski definition) is 1. The van der Waals surface area contributed by atoms with Gasteiger partial charge in [-0.15, -0.1) is 0 Å². The summed E-state index contributed by atoms with van der Waals surface area (Å²) in [5.41, 5.74) is 3.06. The van der Waals surface area contributed by atoms with Crippen molar-refractivity contribution < 1.29 is 19.2 Å². The normalized spacial score (nSPS) is 20.8. The molecule has 0 spiro atoms. The SMILES string of the molecule is COC(=O)C1=C(C)Nc2c(c(C3CCCC(=O)C3)nn2C)C1c1cccc([N+](=O)[O-])c1. The first kappa shape index (κ1) is 20.8. The summed E-state index contributed by atoms with van der Waals surface area (Å²) in [5, 5.41) is 19.4. The maximum Gasteiger partial charge on any atom is 0.336 e. The molecule has 1 fully saturated rings. The number of fused-ring (bicyclic) bond motifs is 1. The third-order valence-corrected chi connectivity index (χ3v) is 6.09. The minimum absolute atomic E-state index is 0.0577. The van der Waals surface area contributed by atoms with Gasteiger partial charge in [0.05, 0.1) is 23.3 Å². The molecule has 1 N–H and O–H groups in total. The summed E-state index contributed by atoms with van der Waals surface area (Å²) in [6.07, 6.45) is 2.60. The van der Waals surface area contributed by atoms with Gasteiger partial charge in [-0.3, -0.25) is 19.6 Å². The number of nitrogens with one attached hydrogen (secondary N) is 1. The number of ether oxygens (including phenoxy) is 1. The van der Waals surface area contributed by atoms with E-state index in [1.807, 2.05) is 0 Å². The van der Waals surface area contributed by atoms with Gasteiger partial charge in [0, 0.05) is 55.1 Å². The number of nitro groups is 1. The largest absolute Gasteiger partial charge is 0.466 e. The van der Waals surface area contributed by atoms with Gasteiger partial charge in [0.2, 0.25) is 0 Å². The monoisotopic (exact) mass is 424 g/mol. The number of esters is 1. The van der Waals surface area contributed by atoms with Gasteiger partial charge in [-0.25, -0.2) is 4.79 Å². The number of hydrogen-bond acceptors (Lipinski definition) is 7. The Balaban J connectivity index is 1.94. The molecule has 1 aliphatic heterocycles. The molecule has 0 bridgehead atoms. The molecule has 2 aromatic rings. The zero-order valence-corrected chi connectivity index (χ0v) is 17.7. The van der Waals surface area contributed by atoms with Crippen molar-refractivity contribution in [3.05, 3.63) is 62.5 Å². The molecule has 4 rings (SSSR count). The summed E-state index contributed by atoms with van der Waals surface area (Å²) >= 11 is 0. The van der Waals surface area contributed by atoms with E-state index >= 15 is 0 Å². The molecule has 2 heterocycles. The minimum atomic E-state index is -0.593. The Hall–Kier alpha value is -3.49. The molecule has 162 valence electrons. The van der Waals surface area contributed by atoms with Crippen molar-refractivity contribution in [3.8, 4) is 0 Å². The predicted octanol–water partition coefficient (Wildman–Crippen LogP) is 3.56. The van der Waals surface area contributed by atoms with Crippen LogP contribution in [0.3, 0.4) is 0 Å². The number of anilines is 1. The number of Topliss-reactive ketones (excluding diaryl/α,β-unsaturated/α-hetero) is 1. The molecule has 1 aliphatic carbocycles. The van der Waals surface area contributed by atoms with E-state index in [2.05, 4.69) is 5.32 Å². The standard InChI is InChI=1S/C22H24N4O5/c1-12-17(22(28)31-3)18(13-6-4-8-15(10-13)26(29)30)19-20(24-25(2)21(19)23-12)14-7-5-9-16(27)11-14/h4,6,8,10,14,18,23H,5,7,9,11H2,1-3H3. The topological polar surface area (TPSA) is 116 Å². The predicted molar refractivity (Wildman–Crippen MR) is 113 cm³/mol. The molecule has 0 saturated heterocycles. The van der Waals surface area contributed by atoms with Crippen LogP contribution in [0.15, 0.2) is 35.5 Å². The summed E-state index contributed by atoms with van der Waals surface area (Å²) in [4.78, 5) is 35.9. The van der Waals surface area contributed by atoms with Crippen molar-refractivity contribution in [2.75, 3.05) is 12.4 Å². The van der Waals surface area contributed by atoms with E-state index in [4.69, 9.17) is 9.84 Å². The van der Waals surface area contributed by atoms with E-state index < -0.39 is 16.8 Å². The van der Waals surface area contributed by atoms with Gasteiger partial charge in [-0.05, 0) is 25.3 Å². The first-order chi connectivity index (χ1) is 14.8. The van der Waals surface area contributed by atoms with E-state index in [-0.39, 0.29) is 17.4 Å². The molecule has 1 aromatic heterocycles. The number of nitrogens with zero attached hydrogens (tertiary/aromatic N) is 3. The van der Waals surface area contributed by atoms with Gasteiger partial charge in [0.25, 0.3) is 5.69 Å². The number of aryl methyl sites for hydroxylation is 1. The fourth-order valence-electron chi connectivity index (χ4n) is 4.69. The summed E-state index contributed by atoms with van der Waals surface area (Å²) in [7, 11) is 3.12. The maximum atomic E-state index is 12.8. The van der Waals surface area contributed by atoms with Crippen LogP contribution in [0.4, 0.5) is 11.5 Å².